The Labute approximate surface area is 79.8 Å². The Hall–Kier alpha value is -1.01. The molecule has 0 aliphatic heterocycles. The fourth-order valence-electron chi connectivity index (χ4n) is 0.984. The average Bonchev–Trinajstić information content (AvgIpc) is 2.16. The lowest BCUT2D eigenvalue weighted by molar-refractivity contribution is -0.140. The van der Waals surface area contributed by atoms with Crippen LogP contribution >= 0.6 is 0 Å². The van der Waals surface area contributed by atoms with E-state index in [0.717, 1.165) is 6.42 Å². The number of carbonyl (C=O) groups excluding carboxylic acids is 1. The molecule has 0 saturated heterocycles. The van der Waals surface area contributed by atoms with E-state index in [-0.39, 0.29) is 5.97 Å². The number of rotatable bonds is 6. The number of carbonyl (C=O) groups is 1. The fourth-order valence-corrected chi connectivity index (χ4v) is 0.984. The zero-order valence-electron chi connectivity index (χ0n) is 8.30. The molecule has 0 aromatic carbocycles. The van der Waals surface area contributed by atoms with E-state index < -0.39 is 0 Å². The highest BCUT2D eigenvalue weighted by atomic mass is 16.5. The van der Waals surface area contributed by atoms with Gasteiger partial charge in [-0.2, -0.15) is 0 Å². The summed E-state index contributed by atoms with van der Waals surface area (Å²) >= 11 is 0. The highest BCUT2D eigenvalue weighted by molar-refractivity contribution is 5.69. The molecule has 0 bridgehead atoms. The van der Waals surface area contributed by atoms with E-state index in [1.165, 1.54) is 7.11 Å². The van der Waals surface area contributed by atoms with Gasteiger partial charge in [0, 0.05) is 19.0 Å². The van der Waals surface area contributed by atoms with Crippen LogP contribution in [-0.2, 0) is 9.53 Å². The SMILES string of the molecule is C#CCC(CC)NCCC(=O)OC. The predicted molar refractivity (Wildman–Crippen MR) is 52.2 cm³/mol. The van der Waals surface area contributed by atoms with Gasteiger partial charge in [0.2, 0.25) is 0 Å². The van der Waals surface area contributed by atoms with Crippen molar-refractivity contribution < 1.29 is 9.53 Å². The van der Waals surface area contributed by atoms with Gasteiger partial charge < -0.3 is 10.1 Å². The van der Waals surface area contributed by atoms with Crippen molar-refractivity contribution in [2.24, 2.45) is 0 Å². The van der Waals surface area contributed by atoms with Crippen LogP contribution in [0.4, 0.5) is 0 Å². The van der Waals surface area contributed by atoms with E-state index in [0.29, 0.717) is 25.4 Å². The Morgan fingerprint density at radius 2 is 2.38 bits per heavy atom. The highest BCUT2D eigenvalue weighted by Crippen LogP contribution is 1.95. The van der Waals surface area contributed by atoms with Crippen LogP contribution in [0.2, 0.25) is 0 Å². The lowest BCUT2D eigenvalue weighted by Crippen LogP contribution is -2.30. The van der Waals surface area contributed by atoms with Crippen molar-refractivity contribution in [3.63, 3.8) is 0 Å². The fraction of sp³-hybridized carbons (Fsp3) is 0.700. The first-order chi connectivity index (χ1) is 6.24. The van der Waals surface area contributed by atoms with E-state index >= 15 is 0 Å². The normalized spacial score (nSPS) is 11.8. The standard InChI is InChI=1S/C10H17NO2/c1-4-6-9(5-2)11-8-7-10(12)13-3/h1,9,11H,5-8H2,2-3H3. The minimum atomic E-state index is -0.192. The van der Waals surface area contributed by atoms with Crippen LogP contribution < -0.4 is 5.32 Å². The third-order valence-corrected chi connectivity index (χ3v) is 1.85. The third-order valence-electron chi connectivity index (χ3n) is 1.85. The number of hydrogen-bond donors (Lipinski definition) is 1. The van der Waals surface area contributed by atoms with E-state index in [9.17, 15) is 4.79 Å². The molecule has 13 heavy (non-hydrogen) atoms. The molecule has 0 aliphatic rings. The molecule has 1 atom stereocenters. The van der Waals surface area contributed by atoms with E-state index in [1.807, 2.05) is 0 Å². The smallest absolute Gasteiger partial charge is 0.306 e. The van der Waals surface area contributed by atoms with Gasteiger partial charge in [0.25, 0.3) is 0 Å². The first-order valence-corrected chi connectivity index (χ1v) is 4.48. The Kier molecular flexibility index (Phi) is 7.04. The summed E-state index contributed by atoms with van der Waals surface area (Å²) in [5, 5.41) is 3.19. The summed E-state index contributed by atoms with van der Waals surface area (Å²) in [6.45, 7) is 2.69. The lowest BCUT2D eigenvalue weighted by Gasteiger charge is -2.12. The largest absolute Gasteiger partial charge is 0.469 e. The van der Waals surface area contributed by atoms with Crippen LogP contribution in [0.5, 0.6) is 0 Å². The van der Waals surface area contributed by atoms with Gasteiger partial charge >= 0.3 is 5.97 Å². The minimum Gasteiger partial charge on any atom is -0.469 e. The first kappa shape index (κ1) is 12.0. The maximum atomic E-state index is 10.7. The zero-order valence-corrected chi connectivity index (χ0v) is 8.30. The van der Waals surface area contributed by atoms with E-state index in [1.54, 1.807) is 0 Å². The Morgan fingerprint density at radius 3 is 2.85 bits per heavy atom. The van der Waals surface area contributed by atoms with Crippen molar-refractivity contribution in [2.75, 3.05) is 13.7 Å². The molecule has 0 aromatic heterocycles. The molecule has 0 aromatic rings. The predicted octanol–water partition coefficient (Wildman–Crippen LogP) is 0.941. The van der Waals surface area contributed by atoms with Crippen LogP contribution in [-0.4, -0.2) is 25.7 Å². The Bertz CT molecular complexity index is 184. The van der Waals surface area contributed by atoms with Gasteiger partial charge in [0.05, 0.1) is 13.5 Å². The first-order valence-electron chi connectivity index (χ1n) is 4.48. The quantitative estimate of drug-likeness (QED) is 0.492. The molecular weight excluding hydrogens is 166 g/mol. The van der Waals surface area contributed by atoms with Gasteiger partial charge in [-0.3, -0.25) is 4.79 Å². The molecule has 0 radical (unpaired) electrons. The van der Waals surface area contributed by atoms with Crippen LogP contribution in [0.25, 0.3) is 0 Å². The molecule has 0 saturated carbocycles. The Morgan fingerprint density at radius 1 is 1.69 bits per heavy atom. The Balaban J connectivity index is 3.50. The summed E-state index contributed by atoms with van der Waals surface area (Å²) in [6, 6.07) is 0.314. The van der Waals surface area contributed by atoms with Crippen LogP contribution in [0.15, 0.2) is 0 Å². The number of methoxy groups -OCH3 is 1. The number of hydrogen-bond acceptors (Lipinski definition) is 3. The molecule has 74 valence electrons. The molecule has 3 heteroatoms. The summed E-state index contributed by atoms with van der Waals surface area (Å²) < 4.78 is 4.51. The summed E-state index contributed by atoms with van der Waals surface area (Å²) in [4.78, 5) is 10.7. The summed E-state index contributed by atoms with van der Waals surface area (Å²) in [6.07, 6.45) is 7.27. The van der Waals surface area contributed by atoms with E-state index in [4.69, 9.17) is 6.42 Å². The molecule has 3 nitrogen and oxygen atoms in total. The molecule has 0 aliphatic carbocycles. The van der Waals surface area contributed by atoms with Crippen LogP contribution in [0, 0.1) is 12.3 Å². The highest BCUT2D eigenvalue weighted by Gasteiger charge is 2.04. The van der Waals surface area contributed by atoms with Gasteiger partial charge in [-0.25, -0.2) is 0 Å². The molecule has 1 unspecified atom stereocenters. The molecular formula is C10H17NO2. The molecule has 0 fully saturated rings. The maximum Gasteiger partial charge on any atom is 0.306 e. The summed E-state index contributed by atoms with van der Waals surface area (Å²) in [5.41, 5.74) is 0. The minimum absolute atomic E-state index is 0.192. The van der Waals surface area contributed by atoms with Crippen LogP contribution in [0.3, 0.4) is 0 Å². The molecule has 0 heterocycles. The zero-order chi connectivity index (χ0) is 10.1. The second kappa shape index (κ2) is 7.63. The second-order valence-electron chi connectivity index (χ2n) is 2.79. The van der Waals surface area contributed by atoms with Gasteiger partial charge in [0.15, 0.2) is 0 Å². The van der Waals surface area contributed by atoms with Gasteiger partial charge in [-0.15, -0.1) is 12.3 Å². The number of nitrogens with one attached hydrogen (secondary N) is 1. The summed E-state index contributed by atoms with van der Waals surface area (Å²) in [7, 11) is 1.39. The maximum absolute atomic E-state index is 10.7. The topological polar surface area (TPSA) is 38.3 Å². The van der Waals surface area contributed by atoms with Gasteiger partial charge in [0.1, 0.15) is 0 Å². The van der Waals surface area contributed by atoms with Crippen molar-refractivity contribution in [2.45, 2.75) is 32.2 Å². The number of terminal acetylenes is 1. The van der Waals surface area contributed by atoms with Crippen molar-refractivity contribution in [3.05, 3.63) is 0 Å². The van der Waals surface area contributed by atoms with Crippen molar-refractivity contribution in [3.8, 4) is 12.3 Å². The second-order valence-corrected chi connectivity index (χ2v) is 2.79. The molecule has 0 spiro atoms. The van der Waals surface area contributed by atoms with Crippen molar-refractivity contribution >= 4 is 5.97 Å². The van der Waals surface area contributed by atoms with Crippen LogP contribution in [0.1, 0.15) is 26.2 Å². The number of ether oxygens (including phenoxy) is 1. The molecule has 1 N–H and O–H groups in total. The molecule has 0 amide bonds. The third kappa shape index (κ3) is 6.18. The van der Waals surface area contributed by atoms with Crippen molar-refractivity contribution in [1.29, 1.82) is 0 Å². The van der Waals surface area contributed by atoms with Crippen molar-refractivity contribution in [1.82, 2.24) is 5.32 Å². The van der Waals surface area contributed by atoms with Gasteiger partial charge in [-0.1, -0.05) is 6.92 Å². The number of esters is 1. The lowest BCUT2D eigenvalue weighted by atomic mass is 10.1. The summed E-state index contributed by atoms with van der Waals surface area (Å²) in [5.74, 6) is 2.40. The van der Waals surface area contributed by atoms with Gasteiger partial charge in [-0.05, 0) is 6.42 Å². The monoisotopic (exact) mass is 183 g/mol. The molecule has 0 rings (SSSR count). The average molecular weight is 183 g/mol. The van der Waals surface area contributed by atoms with E-state index in [2.05, 4.69) is 22.9 Å².